The molecular formula is C15H23NO3. The van der Waals surface area contributed by atoms with Gasteiger partial charge in [0.2, 0.25) is 0 Å². The molecule has 0 amide bonds. The summed E-state index contributed by atoms with van der Waals surface area (Å²) < 4.78 is 10.8. The van der Waals surface area contributed by atoms with Crippen LogP contribution in [0.15, 0.2) is 24.3 Å². The van der Waals surface area contributed by atoms with Crippen molar-refractivity contribution in [3.05, 3.63) is 29.8 Å². The van der Waals surface area contributed by atoms with Gasteiger partial charge in [-0.25, -0.2) is 0 Å². The van der Waals surface area contributed by atoms with Crippen LogP contribution in [0.5, 0.6) is 5.75 Å². The highest BCUT2D eigenvalue weighted by atomic mass is 16.5. The predicted molar refractivity (Wildman–Crippen MR) is 74.5 cm³/mol. The molecule has 1 aliphatic heterocycles. The predicted octanol–water partition coefficient (Wildman–Crippen LogP) is 1.36. The van der Waals surface area contributed by atoms with Gasteiger partial charge < -0.3 is 19.9 Å². The fourth-order valence-corrected chi connectivity index (χ4v) is 2.08. The maximum atomic E-state index is 9.82. The number of aryl methyl sites for hydroxylation is 1. The molecule has 106 valence electrons. The van der Waals surface area contributed by atoms with Crippen LogP contribution in [-0.4, -0.2) is 44.1 Å². The highest BCUT2D eigenvalue weighted by Crippen LogP contribution is 2.12. The van der Waals surface area contributed by atoms with E-state index in [-0.39, 0.29) is 0 Å². The lowest BCUT2D eigenvalue weighted by molar-refractivity contribution is 0.105. The first kappa shape index (κ1) is 14.3. The van der Waals surface area contributed by atoms with E-state index in [2.05, 4.69) is 5.32 Å². The Morgan fingerprint density at radius 1 is 1.42 bits per heavy atom. The summed E-state index contributed by atoms with van der Waals surface area (Å²) >= 11 is 0. The Kier molecular flexibility index (Phi) is 5.63. The molecule has 0 bridgehead atoms. The highest BCUT2D eigenvalue weighted by Gasteiger charge is 2.15. The third-order valence-electron chi connectivity index (χ3n) is 3.30. The molecule has 1 aromatic carbocycles. The number of nitrogens with one attached hydrogen (secondary N) is 1. The molecule has 1 fully saturated rings. The molecule has 1 aliphatic rings. The van der Waals surface area contributed by atoms with Crippen LogP contribution in [0.4, 0.5) is 0 Å². The van der Waals surface area contributed by atoms with Crippen molar-refractivity contribution < 1.29 is 14.6 Å². The topological polar surface area (TPSA) is 50.7 Å². The van der Waals surface area contributed by atoms with Crippen LogP contribution < -0.4 is 10.1 Å². The molecule has 1 saturated heterocycles. The molecule has 0 aliphatic carbocycles. The fraction of sp³-hybridized carbons (Fsp3) is 0.600. The van der Waals surface area contributed by atoms with E-state index in [1.807, 2.05) is 31.2 Å². The van der Waals surface area contributed by atoms with Gasteiger partial charge in [-0.3, -0.25) is 0 Å². The number of rotatable bonds is 7. The molecule has 2 N–H and O–H groups in total. The van der Waals surface area contributed by atoms with Crippen molar-refractivity contribution >= 4 is 0 Å². The van der Waals surface area contributed by atoms with E-state index >= 15 is 0 Å². The minimum Gasteiger partial charge on any atom is -0.491 e. The highest BCUT2D eigenvalue weighted by molar-refractivity contribution is 5.26. The van der Waals surface area contributed by atoms with Crippen molar-refractivity contribution in [2.24, 2.45) is 5.92 Å². The van der Waals surface area contributed by atoms with Gasteiger partial charge in [0.25, 0.3) is 0 Å². The second kappa shape index (κ2) is 7.48. The summed E-state index contributed by atoms with van der Waals surface area (Å²) in [5.41, 5.74) is 1.20. The maximum absolute atomic E-state index is 9.82. The van der Waals surface area contributed by atoms with E-state index in [1.54, 1.807) is 0 Å². The van der Waals surface area contributed by atoms with Crippen LogP contribution in [-0.2, 0) is 4.74 Å². The smallest absolute Gasteiger partial charge is 0.119 e. The van der Waals surface area contributed by atoms with Crippen molar-refractivity contribution in [1.29, 1.82) is 0 Å². The summed E-state index contributed by atoms with van der Waals surface area (Å²) in [4.78, 5) is 0. The number of hydrogen-bond acceptors (Lipinski definition) is 4. The molecule has 0 spiro atoms. The number of hydrogen-bond donors (Lipinski definition) is 2. The molecule has 2 rings (SSSR count). The second-order valence-electron chi connectivity index (χ2n) is 5.17. The Balaban J connectivity index is 1.58. The second-order valence-corrected chi connectivity index (χ2v) is 5.17. The number of benzene rings is 1. The van der Waals surface area contributed by atoms with Crippen molar-refractivity contribution in [1.82, 2.24) is 5.32 Å². The molecule has 0 saturated carbocycles. The maximum Gasteiger partial charge on any atom is 0.119 e. The fourth-order valence-electron chi connectivity index (χ4n) is 2.08. The quantitative estimate of drug-likeness (QED) is 0.781. The molecule has 2 atom stereocenters. The largest absolute Gasteiger partial charge is 0.491 e. The van der Waals surface area contributed by atoms with Crippen LogP contribution in [0.1, 0.15) is 12.0 Å². The summed E-state index contributed by atoms with van der Waals surface area (Å²) in [5.74, 6) is 1.39. The lowest BCUT2D eigenvalue weighted by atomic mass is 10.1. The average Bonchev–Trinajstić information content (AvgIpc) is 2.91. The third-order valence-corrected chi connectivity index (χ3v) is 3.30. The van der Waals surface area contributed by atoms with Crippen LogP contribution >= 0.6 is 0 Å². The molecule has 19 heavy (non-hydrogen) atoms. The summed E-state index contributed by atoms with van der Waals surface area (Å²) in [5, 5.41) is 13.1. The van der Waals surface area contributed by atoms with Gasteiger partial charge in [0, 0.05) is 19.7 Å². The molecule has 2 unspecified atom stereocenters. The van der Waals surface area contributed by atoms with Gasteiger partial charge in [-0.15, -0.1) is 0 Å². The van der Waals surface area contributed by atoms with Crippen LogP contribution in [0.25, 0.3) is 0 Å². The van der Waals surface area contributed by atoms with E-state index in [1.165, 1.54) is 5.56 Å². The molecular weight excluding hydrogens is 242 g/mol. The van der Waals surface area contributed by atoms with Crippen molar-refractivity contribution in [3.63, 3.8) is 0 Å². The first-order valence-electron chi connectivity index (χ1n) is 6.90. The van der Waals surface area contributed by atoms with Gasteiger partial charge in [0.15, 0.2) is 0 Å². The van der Waals surface area contributed by atoms with Crippen molar-refractivity contribution in [2.45, 2.75) is 19.4 Å². The number of aliphatic hydroxyl groups excluding tert-OH is 1. The number of ether oxygens (including phenoxy) is 2. The molecule has 4 nitrogen and oxygen atoms in total. The van der Waals surface area contributed by atoms with Gasteiger partial charge in [0.05, 0.1) is 6.61 Å². The van der Waals surface area contributed by atoms with Crippen molar-refractivity contribution in [3.8, 4) is 5.75 Å². The monoisotopic (exact) mass is 265 g/mol. The summed E-state index contributed by atoms with van der Waals surface area (Å²) in [6.45, 7) is 5.52. The normalized spacial score (nSPS) is 20.4. The van der Waals surface area contributed by atoms with Gasteiger partial charge in [-0.2, -0.15) is 0 Å². The van der Waals surface area contributed by atoms with Gasteiger partial charge >= 0.3 is 0 Å². The van der Waals surface area contributed by atoms with Crippen LogP contribution in [0.2, 0.25) is 0 Å². The zero-order chi connectivity index (χ0) is 13.5. The Hall–Kier alpha value is -1.10. The standard InChI is InChI=1S/C15H23NO3/c1-12-2-4-15(5-3-12)19-11-14(17)9-16-8-13-6-7-18-10-13/h2-5,13-14,16-17H,6-11H2,1H3. The summed E-state index contributed by atoms with van der Waals surface area (Å²) in [6.07, 6.45) is 0.631. The van der Waals surface area contributed by atoms with Crippen LogP contribution in [0.3, 0.4) is 0 Å². The average molecular weight is 265 g/mol. The zero-order valence-corrected chi connectivity index (χ0v) is 11.5. The Bertz CT molecular complexity index is 360. The minimum absolute atomic E-state index is 0.317. The van der Waals surface area contributed by atoms with Gasteiger partial charge in [-0.1, -0.05) is 17.7 Å². The molecule has 0 radical (unpaired) electrons. The zero-order valence-electron chi connectivity index (χ0n) is 11.5. The van der Waals surface area contributed by atoms with E-state index < -0.39 is 6.10 Å². The SMILES string of the molecule is Cc1ccc(OCC(O)CNCC2CCOC2)cc1. The Labute approximate surface area is 114 Å². The van der Waals surface area contributed by atoms with Crippen molar-refractivity contribution in [2.75, 3.05) is 32.9 Å². The van der Waals surface area contributed by atoms with Gasteiger partial charge in [0.1, 0.15) is 18.5 Å². The molecule has 1 aromatic rings. The molecule has 0 aromatic heterocycles. The Morgan fingerprint density at radius 2 is 2.21 bits per heavy atom. The van der Waals surface area contributed by atoms with Gasteiger partial charge in [-0.05, 0) is 31.4 Å². The lowest BCUT2D eigenvalue weighted by Crippen LogP contribution is -2.34. The molecule has 4 heteroatoms. The van der Waals surface area contributed by atoms with E-state index in [0.717, 1.165) is 31.9 Å². The first-order valence-corrected chi connectivity index (χ1v) is 6.90. The van der Waals surface area contributed by atoms with Crippen LogP contribution in [0, 0.1) is 12.8 Å². The van der Waals surface area contributed by atoms with E-state index in [9.17, 15) is 5.11 Å². The van der Waals surface area contributed by atoms with E-state index in [4.69, 9.17) is 9.47 Å². The van der Waals surface area contributed by atoms with E-state index in [0.29, 0.717) is 19.1 Å². The molecule has 1 heterocycles. The lowest BCUT2D eigenvalue weighted by Gasteiger charge is -2.15. The summed E-state index contributed by atoms with van der Waals surface area (Å²) in [6, 6.07) is 7.84. The first-order chi connectivity index (χ1) is 9.24. The minimum atomic E-state index is -0.483. The third kappa shape index (κ3) is 5.19. The summed E-state index contributed by atoms with van der Waals surface area (Å²) in [7, 11) is 0. The Morgan fingerprint density at radius 3 is 2.89 bits per heavy atom. The number of aliphatic hydroxyl groups is 1.